The first-order valence-electron chi connectivity index (χ1n) is 9.34. The molecule has 7 nitrogen and oxygen atoms in total. The average Bonchev–Trinajstić information content (AvgIpc) is 3.54. The summed E-state index contributed by atoms with van der Waals surface area (Å²) in [6.07, 6.45) is 1.64. The molecule has 0 aliphatic carbocycles. The second-order valence-corrected chi connectivity index (χ2v) is 7.56. The Morgan fingerprint density at radius 1 is 1.00 bits per heavy atom. The van der Waals surface area contributed by atoms with E-state index in [0.29, 0.717) is 28.8 Å². The SMILES string of the molecule is O=C(CSc1nnc(-c2ccccc2)n1Cc1ccco1)c1ccc2c(c1)OCO2. The highest BCUT2D eigenvalue weighted by Gasteiger charge is 2.19. The number of Topliss-reactive ketones (excluding diaryl/α,β-unsaturated/α-hetero) is 1. The predicted octanol–water partition coefficient (Wildman–Crippen LogP) is 4.29. The van der Waals surface area contributed by atoms with E-state index in [1.165, 1.54) is 11.8 Å². The van der Waals surface area contributed by atoms with Crippen LogP contribution in [0.15, 0.2) is 76.5 Å². The van der Waals surface area contributed by atoms with Crippen LogP contribution in [-0.4, -0.2) is 33.1 Å². The summed E-state index contributed by atoms with van der Waals surface area (Å²) in [4.78, 5) is 12.7. The second kappa shape index (κ2) is 8.08. The fraction of sp³-hybridized carbons (Fsp3) is 0.136. The Hall–Kier alpha value is -3.52. The van der Waals surface area contributed by atoms with E-state index < -0.39 is 0 Å². The van der Waals surface area contributed by atoms with Gasteiger partial charge in [0, 0.05) is 11.1 Å². The molecule has 8 heteroatoms. The van der Waals surface area contributed by atoms with Crippen molar-refractivity contribution < 1.29 is 18.7 Å². The van der Waals surface area contributed by atoms with Crippen LogP contribution < -0.4 is 9.47 Å². The van der Waals surface area contributed by atoms with Crippen LogP contribution in [0.2, 0.25) is 0 Å². The molecule has 5 rings (SSSR count). The van der Waals surface area contributed by atoms with Crippen LogP contribution in [0.25, 0.3) is 11.4 Å². The van der Waals surface area contributed by atoms with Crippen LogP contribution in [0.5, 0.6) is 11.5 Å². The van der Waals surface area contributed by atoms with E-state index >= 15 is 0 Å². The van der Waals surface area contributed by atoms with Crippen LogP contribution in [0.1, 0.15) is 16.1 Å². The molecular formula is C22H17N3O4S. The number of carbonyl (C=O) groups is 1. The predicted molar refractivity (Wildman–Crippen MR) is 111 cm³/mol. The lowest BCUT2D eigenvalue weighted by atomic mass is 10.1. The number of hydrogen-bond donors (Lipinski definition) is 0. The Morgan fingerprint density at radius 3 is 2.70 bits per heavy atom. The number of hydrogen-bond acceptors (Lipinski definition) is 7. The van der Waals surface area contributed by atoms with Crippen molar-refractivity contribution in [2.75, 3.05) is 12.5 Å². The van der Waals surface area contributed by atoms with E-state index in [-0.39, 0.29) is 18.3 Å². The molecule has 0 saturated carbocycles. The molecule has 0 spiro atoms. The molecule has 0 fully saturated rings. The van der Waals surface area contributed by atoms with E-state index in [0.717, 1.165) is 17.1 Å². The van der Waals surface area contributed by atoms with Crippen molar-refractivity contribution in [1.82, 2.24) is 14.8 Å². The number of carbonyl (C=O) groups excluding carboxylic acids is 1. The van der Waals surface area contributed by atoms with Crippen molar-refractivity contribution in [3.8, 4) is 22.9 Å². The van der Waals surface area contributed by atoms with E-state index in [1.807, 2.05) is 47.0 Å². The van der Waals surface area contributed by atoms with Crippen LogP contribution >= 0.6 is 11.8 Å². The number of nitrogens with zero attached hydrogens (tertiary/aromatic N) is 3. The molecule has 4 aromatic rings. The molecule has 0 N–H and O–H groups in total. The average molecular weight is 419 g/mol. The summed E-state index contributed by atoms with van der Waals surface area (Å²) in [5, 5.41) is 9.35. The standard InChI is InChI=1S/C22H17N3O4S/c26-18(16-8-9-19-20(11-16)29-14-28-19)13-30-22-24-23-21(15-5-2-1-3-6-15)25(22)12-17-7-4-10-27-17/h1-11H,12-14H2. The second-order valence-electron chi connectivity index (χ2n) is 6.62. The molecule has 2 aromatic carbocycles. The summed E-state index contributed by atoms with van der Waals surface area (Å²) in [7, 11) is 0. The molecule has 1 aliphatic heterocycles. The molecule has 2 aromatic heterocycles. The summed E-state index contributed by atoms with van der Waals surface area (Å²) in [5.41, 5.74) is 1.53. The largest absolute Gasteiger partial charge is 0.467 e. The molecule has 0 amide bonds. The minimum absolute atomic E-state index is 0.0212. The van der Waals surface area contributed by atoms with Gasteiger partial charge in [-0.15, -0.1) is 10.2 Å². The van der Waals surface area contributed by atoms with E-state index in [9.17, 15) is 4.79 Å². The Morgan fingerprint density at radius 2 is 1.87 bits per heavy atom. The Balaban J connectivity index is 1.38. The molecule has 0 bridgehead atoms. The summed E-state index contributed by atoms with van der Waals surface area (Å²) in [5.74, 6) is 2.97. The lowest BCUT2D eigenvalue weighted by molar-refractivity contribution is 0.102. The molecule has 0 unspecified atom stereocenters. The zero-order valence-corrected chi connectivity index (χ0v) is 16.7. The van der Waals surface area contributed by atoms with E-state index in [2.05, 4.69) is 10.2 Å². The van der Waals surface area contributed by atoms with E-state index in [1.54, 1.807) is 24.5 Å². The van der Waals surface area contributed by atoms with Gasteiger partial charge in [-0.1, -0.05) is 42.1 Å². The van der Waals surface area contributed by atoms with Gasteiger partial charge in [-0.25, -0.2) is 0 Å². The molecule has 150 valence electrons. The van der Waals surface area contributed by atoms with Gasteiger partial charge in [-0.05, 0) is 30.3 Å². The van der Waals surface area contributed by atoms with Crippen molar-refractivity contribution in [3.05, 3.63) is 78.3 Å². The van der Waals surface area contributed by atoms with Crippen molar-refractivity contribution in [1.29, 1.82) is 0 Å². The first kappa shape index (κ1) is 18.5. The summed E-state index contributed by atoms with van der Waals surface area (Å²) < 4.78 is 18.1. The highest BCUT2D eigenvalue weighted by atomic mass is 32.2. The minimum atomic E-state index is -0.0212. The van der Waals surface area contributed by atoms with Gasteiger partial charge >= 0.3 is 0 Å². The van der Waals surface area contributed by atoms with Crippen molar-refractivity contribution in [2.24, 2.45) is 0 Å². The third kappa shape index (κ3) is 3.69. The van der Waals surface area contributed by atoms with Gasteiger partial charge in [0.05, 0.1) is 18.6 Å². The third-order valence-electron chi connectivity index (χ3n) is 4.67. The molecule has 3 heterocycles. The van der Waals surface area contributed by atoms with Crippen molar-refractivity contribution in [3.63, 3.8) is 0 Å². The fourth-order valence-electron chi connectivity index (χ4n) is 3.18. The number of benzene rings is 2. The summed E-state index contributed by atoms with van der Waals surface area (Å²) >= 11 is 1.35. The van der Waals surface area contributed by atoms with Crippen molar-refractivity contribution >= 4 is 17.5 Å². The highest BCUT2D eigenvalue weighted by molar-refractivity contribution is 7.99. The van der Waals surface area contributed by atoms with E-state index in [4.69, 9.17) is 13.9 Å². The number of ketones is 1. The van der Waals surface area contributed by atoms with Crippen LogP contribution in [0, 0.1) is 0 Å². The number of rotatable bonds is 7. The van der Waals surface area contributed by atoms with Gasteiger partial charge in [-0.3, -0.25) is 9.36 Å². The maximum Gasteiger partial charge on any atom is 0.231 e. The Kier molecular flexibility index (Phi) is 4.98. The maximum absolute atomic E-state index is 12.7. The smallest absolute Gasteiger partial charge is 0.231 e. The molecule has 30 heavy (non-hydrogen) atoms. The molecule has 0 saturated heterocycles. The third-order valence-corrected chi connectivity index (χ3v) is 5.64. The zero-order valence-electron chi connectivity index (χ0n) is 15.9. The van der Waals surface area contributed by atoms with Crippen LogP contribution in [-0.2, 0) is 6.54 Å². The van der Waals surface area contributed by atoms with Gasteiger partial charge in [-0.2, -0.15) is 0 Å². The Bertz CT molecular complexity index is 1170. The molecule has 1 aliphatic rings. The lowest BCUT2D eigenvalue weighted by Crippen LogP contribution is -2.06. The first-order valence-corrected chi connectivity index (χ1v) is 10.3. The summed E-state index contributed by atoms with van der Waals surface area (Å²) in [6, 6.07) is 18.8. The number of aromatic nitrogens is 3. The monoisotopic (exact) mass is 419 g/mol. The number of furan rings is 1. The fourth-order valence-corrected chi connectivity index (χ4v) is 4.01. The lowest BCUT2D eigenvalue weighted by Gasteiger charge is -2.09. The van der Waals surface area contributed by atoms with Gasteiger partial charge in [0.25, 0.3) is 0 Å². The molecule has 0 radical (unpaired) electrons. The first-order chi connectivity index (χ1) is 14.8. The summed E-state index contributed by atoms with van der Waals surface area (Å²) in [6.45, 7) is 0.657. The molecular weight excluding hydrogens is 402 g/mol. The quantitative estimate of drug-likeness (QED) is 0.327. The zero-order chi connectivity index (χ0) is 20.3. The van der Waals surface area contributed by atoms with Crippen LogP contribution in [0.3, 0.4) is 0 Å². The van der Waals surface area contributed by atoms with Gasteiger partial charge in [0.1, 0.15) is 5.76 Å². The highest BCUT2D eigenvalue weighted by Crippen LogP contribution is 2.33. The van der Waals surface area contributed by atoms with Crippen molar-refractivity contribution in [2.45, 2.75) is 11.7 Å². The number of thioether (sulfide) groups is 1. The normalized spacial score (nSPS) is 12.3. The number of ether oxygens (including phenoxy) is 2. The topological polar surface area (TPSA) is 79.4 Å². The Labute approximate surface area is 176 Å². The minimum Gasteiger partial charge on any atom is -0.467 e. The maximum atomic E-state index is 12.7. The molecule has 0 atom stereocenters. The van der Waals surface area contributed by atoms with Gasteiger partial charge in [0.15, 0.2) is 28.3 Å². The van der Waals surface area contributed by atoms with Gasteiger partial charge < -0.3 is 13.9 Å². The van der Waals surface area contributed by atoms with Gasteiger partial charge in [0.2, 0.25) is 6.79 Å². The van der Waals surface area contributed by atoms with Crippen LogP contribution in [0.4, 0.5) is 0 Å². The number of fused-ring (bicyclic) bond motifs is 1.